The van der Waals surface area contributed by atoms with E-state index in [1.165, 1.54) is 29.6 Å². The zero-order valence-electron chi connectivity index (χ0n) is 13.1. The first-order valence-corrected chi connectivity index (χ1v) is 8.92. The van der Waals surface area contributed by atoms with E-state index in [1.807, 2.05) is 0 Å². The molecule has 23 heavy (non-hydrogen) atoms. The lowest BCUT2D eigenvalue weighted by molar-refractivity contribution is 0.169. The zero-order valence-corrected chi connectivity index (χ0v) is 13.9. The van der Waals surface area contributed by atoms with Crippen molar-refractivity contribution in [3.63, 3.8) is 0 Å². The number of hydrogen-bond acceptors (Lipinski definition) is 4. The Labute approximate surface area is 135 Å². The molecule has 0 radical (unpaired) electrons. The maximum Gasteiger partial charge on any atom is 0.314 e. The lowest BCUT2D eigenvalue weighted by Gasteiger charge is -2.15. The maximum absolute atomic E-state index is 13.4. The molecule has 130 valence electrons. The fourth-order valence-corrected chi connectivity index (χ4v) is 2.24. The fraction of sp³-hybridized carbons (Fsp3) is 0.500. The first-order chi connectivity index (χ1) is 10.7. The lowest BCUT2D eigenvalue weighted by Crippen LogP contribution is -2.39. The van der Waals surface area contributed by atoms with Gasteiger partial charge in [-0.2, -0.15) is 0 Å². The van der Waals surface area contributed by atoms with Crippen molar-refractivity contribution in [2.75, 3.05) is 32.9 Å². The van der Waals surface area contributed by atoms with E-state index >= 15 is 0 Å². The minimum absolute atomic E-state index is 0.113. The summed E-state index contributed by atoms with van der Waals surface area (Å²) in [5, 5.41) is 14.8. The summed E-state index contributed by atoms with van der Waals surface area (Å²) in [4.78, 5) is 11.5. The Morgan fingerprint density at radius 1 is 1.35 bits per heavy atom. The van der Waals surface area contributed by atoms with Crippen LogP contribution in [-0.2, 0) is 10.0 Å². The number of aliphatic hydroxyl groups excluding tert-OH is 1. The van der Waals surface area contributed by atoms with Crippen molar-refractivity contribution in [2.45, 2.75) is 12.5 Å². The molecular weight excluding hydrogens is 325 g/mol. The molecule has 0 fully saturated rings. The topological polar surface area (TPSA) is 98.7 Å². The Bertz CT molecular complexity index is 624. The van der Waals surface area contributed by atoms with Gasteiger partial charge in [-0.15, -0.1) is 0 Å². The number of urea groups is 1. The molecular formula is C14H22FN3O4S. The zero-order chi connectivity index (χ0) is 17.5. The molecule has 1 aromatic carbocycles. The Morgan fingerprint density at radius 2 is 2.00 bits per heavy atom. The summed E-state index contributed by atoms with van der Waals surface area (Å²) in [6.45, 7) is 0.439. The van der Waals surface area contributed by atoms with Gasteiger partial charge in [0.05, 0.1) is 12.4 Å². The Hall–Kier alpha value is -1.71. The normalized spacial score (nSPS) is 12.9. The van der Waals surface area contributed by atoms with Gasteiger partial charge < -0.3 is 15.7 Å². The molecule has 0 saturated carbocycles. The number of amides is 2. The number of aliphatic hydroxyl groups is 1. The van der Waals surface area contributed by atoms with Crippen LogP contribution in [0.5, 0.6) is 0 Å². The average Bonchev–Trinajstić information content (AvgIpc) is 2.48. The van der Waals surface area contributed by atoms with Crippen molar-refractivity contribution in [1.82, 2.24) is 14.9 Å². The van der Waals surface area contributed by atoms with Crippen molar-refractivity contribution in [3.05, 3.63) is 35.6 Å². The van der Waals surface area contributed by atoms with Crippen molar-refractivity contribution >= 4 is 16.1 Å². The molecule has 0 aliphatic heterocycles. The molecule has 0 bridgehead atoms. The molecule has 1 atom stereocenters. The summed E-state index contributed by atoms with van der Waals surface area (Å²) in [6, 6.07) is 5.28. The standard InChI is InChI=1S/C14H22FN3O4S/c1-18(23(2,21)22)9-5-8-16-14(20)17-10-13(19)11-6-3-4-7-12(11)15/h3-4,6-7,13,19H,5,8-10H2,1-2H3,(H2,16,17,20)/t13-/m0/s1. The van der Waals surface area contributed by atoms with Crippen LogP contribution in [0.25, 0.3) is 0 Å². The van der Waals surface area contributed by atoms with E-state index in [1.54, 1.807) is 6.07 Å². The molecule has 3 N–H and O–H groups in total. The second-order valence-electron chi connectivity index (χ2n) is 5.11. The minimum atomic E-state index is -3.22. The first-order valence-electron chi connectivity index (χ1n) is 7.07. The number of halogens is 1. The molecule has 0 spiro atoms. The van der Waals surface area contributed by atoms with Crippen molar-refractivity contribution in [3.8, 4) is 0 Å². The second kappa shape index (κ2) is 8.80. The molecule has 1 aromatic rings. The molecule has 9 heteroatoms. The summed E-state index contributed by atoms with van der Waals surface area (Å²) in [5.74, 6) is -0.536. The monoisotopic (exact) mass is 347 g/mol. The second-order valence-corrected chi connectivity index (χ2v) is 7.20. The molecule has 0 saturated heterocycles. The third kappa shape index (κ3) is 6.93. The largest absolute Gasteiger partial charge is 0.386 e. The molecule has 0 aromatic heterocycles. The van der Waals surface area contributed by atoms with E-state index < -0.39 is 28.0 Å². The fourth-order valence-electron chi connectivity index (χ4n) is 1.78. The van der Waals surface area contributed by atoms with Gasteiger partial charge in [-0.1, -0.05) is 18.2 Å². The molecule has 0 aliphatic carbocycles. The SMILES string of the molecule is CN(CCCNC(=O)NC[C@H](O)c1ccccc1F)S(C)(=O)=O. The summed E-state index contributed by atoms with van der Waals surface area (Å²) < 4.78 is 37.0. The minimum Gasteiger partial charge on any atom is -0.386 e. The molecule has 0 heterocycles. The van der Waals surface area contributed by atoms with Gasteiger partial charge in [0.1, 0.15) is 5.82 Å². The van der Waals surface area contributed by atoms with Crippen molar-refractivity contribution < 1.29 is 22.7 Å². The third-order valence-electron chi connectivity index (χ3n) is 3.22. The van der Waals surface area contributed by atoms with Gasteiger partial charge in [-0.3, -0.25) is 0 Å². The summed E-state index contributed by atoms with van der Waals surface area (Å²) in [5.41, 5.74) is 0.113. The number of benzene rings is 1. The predicted octanol–water partition coefficient (Wildman–Crippen LogP) is 0.440. The van der Waals surface area contributed by atoms with Gasteiger partial charge in [0.15, 0.2) is 0 Å². The van der Waals surface area contributed by atoms with Crippen LogP contribution >= 0.6 is 0 Å². The van der Waals surface area contributed by atoms with Gasteiger partial charge in [0, 0.05) is 32.2 Å². The number of sulfonamides is 1. The summed E-state index contributed by atoms with van der Waals surface area (Å²) >= 11 is 0. The number of nitrogens with zero attached hydrogens (tertiary/aromatic N) is 1. The van der Waals surface area contributed by atoms with Crippen LogP contribution in [0.4, 0.5) is 9.18 Å². The molecule has 0 aliphatic rings. The van der Waals surface area contributed by atoms with Crippen LogP contribution in [0.15, 0.2) is 24.3 Å². The summed E-state index contributed by atoms with van der Waals surface area (Å²) in [6.07, 6.45) is 0.419. The van der Waals surface area contributed by atoms with E-state index in [-0.39, 0.29) is 25.2 Å². The molecule has 1 rings (SSSR count). The smallest absolute Gasteiger partial charge is 0.314 e. The van der Waals surface area contributed by atoms with Crippen LogP contribution in [0.1, 0.15) is 18.1 Å². The van der Waals surface area contributed by atoms with E-state index in [9.17, 15) is 22.7 Å². The molecule has 0 unspecified atom stereocenters. The van der Waals surface area contributed by atoms with Gasteiger partial charge in [0.2, 0.25) is 10.0 Å². The average molecular weight is 347 g/mol. The van der Waals surface area contributed by atoms with Gasteiger partial charge in [0.25, 0.3) is 0 Å². The number of carbonyl (C=O) groups is 1. The van der Waals surface area contributed by atoms with Gasteiger partial charge >= 0.3 is 6.03 Å². The Balaban J connectivity index is 2.26. The maximum atomic E-state index is 13.4. The van der Waals surface area contributed by atoms with Gasteiger partial charge in [-0.25, -0.2) is 21.9 Å². The highest BCUT2D eigenvalue weighted by Gasteiger charge is 2.13. The number of hydrogen-bond donors (Lipinski definition) is 3. The molecule has 7 nitrogen and oxygen atoms in total. The third-order valence-corrected chi connectivity index (χ3v) is 4.54. The lowest BCUT2D eigenvalue weighted by atomic mass is 10.1. The van der Waals surface area contributed by atoms with Crippen LogP contribution in [-0.4, -0.2) is 56.8 Å². The highest BCUT2D eigenvalue weighted by molar-refractivity contribution is 7.88. The number of nitrogens with one attached hydrogen (secondary N) is 2. The first kappa shape index (κ1) is 19.3. The van der Waals surface area contributed by atoms with E-state index in [0.717, 1.165) is 6.26 Å². The highest BCUT2D eigenvalue weighted by atomic mass is 32.2. The van der Waals surface area contributed by atoms with Gasteiger partial charge in [-0.05, 0) is 12.5 Å². The van der Waals surface area contributed by atoms with Crippen molar-refractivity contribution in [1.29, 1.82) is 0 Å². The predicted molar refractivity (Wildman–Crippen MR) is 84.9 cm³/mol. The highest BCUT2D eigenvalue weighted by Crippen LogP contribution is 2.15. The van der Waals surface area contributed by atoms with Crippen LogP contribution in [0.2, 0.25) is 0 Å². The number of carbonyl (C=O) groups excluding carboxylic acids is 1. The van der Waals surface area contributed by atoms with E-state index in [4.69, 9.17) is 0 Å². The van der Waals surface area contributed by atoms with Crippen LogP contribution in [0.3, 0.4) is 0 Å². The Morgan fingerprint density at radius 3 is 2.61 bits per heavy atom. The van der Waals surface area contributed by atoms with E-state index in [2.05, 4.69) is 10.6 Å². The number of rotatable bonds is 8. The van der Waals surface area contributed by atoms with Crippen molar-refractivity contribution in [2.24, 2.45) is 0 Å². The Kier molecular flexibility index (Phi) is 7.40. The van der Waals surface area contributed by atoms with E-state index in [0.29, 0.717) is 6.42 Å². The van der Waals surface area contributed by atoms with Crippen LogP contribution < -0.4 is 10.6 Å². The quantitative estimate of drug-likeness (QED) is 0.594. The summed E-state index contributed by atoms with van der Waals surface area (Å²) in [7, 11) is -1.76. The molecule has 2 amide bonds. The van der Waals surface area contributed by atoms with Crippen LogP contribution in [0, 0.1) is 5.82 Å².